The van der Waals surface area contributed by atoms with Gasteiger partial charge in [-0.1, -0.05) is 33.1 Å². The Bertz CT molecular complexity index is 230. The van der Waals surface area contributed by atoms with Crippen molar-refractivity contribution in [2.75, 3.05) is 6.54 Å². The molecule has 0 saturated heterocycles. The number of carboxylic acids is 1. The first-order chi connectivity index (χ1) is 8.19. The SMILES string of the molecule is CCCC(CC)NCC1CCCCC1C(=O)O. The maximum absolute atomic E-state index is 11.2. The molecule has 1 rings (SSSR count). The number of rotatable bonds is 7. The third-order valence-corrected chi connectivity index (χ3v) is 4.02. The van der Waals surface area contributed by atoms with Gasteiger partial charge in [0.15, 0.2) is 0 Å². The first-order valence-electron chi connectivity index (χ1n) is 7.15. The van der Waals surface area contributed by atoms with Crippen LogP contribution in [-0.4, -0.2) is 23.7 Å². The molecule has 0 radical (unpaired) electrons. The van der Waals surface area contributed by atoms with Crippen molar-refractivity contribution in [2.45, 2.75) is 64.8 Å². The van der Waals surface area contributed by atoms with Crippen molar-refractivity contribution in [3.05, 3.63) is 0 Å². The topological polar surface area (TPSA) is 49.3 Å². The Morgan fingerprint density at radius 1 is 1.35 bits per heavy atom. The summed E-state index contributed by atoms with van der Waals surface area (Å²) in [6, 6.07) is 0.566. The van der Waals surface area contributed by atoms with Gasteiger partial charge in [0.25, 0.3) is 0 Å². The molecule has 1 saturated carbocycles. The molecule has 0 aromatic heterocycles. The van der Waals surface area contributed by atoms with Crippen molar-refractivity contribution < 1.29 is 9.90 Å². The molecule has 1 aliphatic carbocycles. The summed E-state index contributed by atoms with van der Waals surface area (Å²) in [7, 11) is 0. The highest BCUT2D eigenvalue weighted by Gasteiger charge is 2.30. The van der Waals surface area contributed by atoms with Crippen molar-refractivity contribution in [2.24, 2.45) is 11.8 Å². The Labute approximate surface area is 105 Å². The predicted molar refractivity (Wildman–Crippen MR) is 70.1 cm³/mol. The van der Waals surface area contributed by atoms with E-state index >= 15 is 0 Å². The van der Waals surface area contributed by atoms with E-state index in [0.717, 1.165) is 32.2 Å². The molecule has 17 heavy (non-hydrogen) atoms. The van der Waals surface area contributed by atoms with E-state index in [2.05, 4.69) is 19.2 Å². The molecule has 3 atom stereocenters. The Hall–Kier alpha value is -0.570. The zero-order valence-corrected chi connectivity index (χ0v) is 11.2. The lowest BCUT2D eigenvalue weighted by atomic mass is 9.79. The molecule has 0 aliphatic heterocycles. The van der Waals surface area contributed by atoms with Gasteiger partial charge in [-0.2, -0.15) is 0 Å². The zero-order chi connectivity index (χ0) is 12.7. The molecule has 0 amide bonds. The van der Waals surface area contributed by atoms with Crippen LogP contribution in [0.15, 0.2) is 0 Å². The third kappa shape index (κ3) is 4.66. The summed E-state index contributed by atoms with van der Waals surface area (Å²) in [5.74, 6) is -0.373. The highest BCUT2D eigenvalue weighted by atomic mass is 16.4. The summed E-state index contributed by atoms with van der Waals surface area (Å²) in [6.07, 6.45) is 7.75. The first-order valence-corrected chi connectivity index (χ1v) is 7.15. The molecule has 3 heteroatoms. The summed E-state index contributed by atoms with van der Waals surface area (Å²) in [5, 5.41) is 12.8. The fraction of sp³-hybridized carbons (Fsp3) is 0.929. The average Bonchev–Trinajstić information content (AvgIpc) is 2.34. The fourth-order valence-electron chi connectivity index (χ4n) is 2.89. The van der Waals surface area contributed by atoms with E-state index in [1.54, 1.807) is 0 Å². The monoisotopic (exact) mass is 241 g/mol. The van der Waals surface area contributed by atoms with E-state index < -0.39 is 5.97 Å². The average molecular weight is 241 g/mol. The number of aliphatic carboxylic acids is 1. The van der Waals surface area contributed by atoms with E-state index in [9.17, 15) is 9.90 Å². The molecule has 1 aliphatic rings. The van der Waals surface area contributed by atoms with Crippen LogP contribution in [-0.2, 0) is 4.79 Å². The van der Waals surface area contributed by atoms with Crippen molar-refractivity contribution in [3.8, 4) is 0 Å². The van der Waals surface area contributed by atoms with Crippen molar-refractivity contribution >= 4 is 5.97 Å². The van der Waals surface area contributed by atoms with E-state index in [1.807, 2.05) is 0 Å². The lowest BCUT2D eigenvalue weighted by molar-refractivity contribution is -0.144. The molecule has 100 valence electrons. The predicted octanol–water partition coefficient (Wildman–Crippen LogP) is 3.05. The van der Waals surface area contributed by atoms with Gasteiger partial charge in [0.1, 0.15) is 0 Å². The van der Waals surface area contributed by atoms with Crippen LogP contribution >= 0.6 is 0 Å². The Kier molecular flexibility index (Phi) is 6.56. The summed E-state index contributed by atoms with van der Waals surface area (Å²) in [5.41, 5.74) is 0. The number of carboxylic acid groups (broad SMARTS) is 1. The molecular formula is C14H27NO2. The Balaban J connectivity index is 2.39. The van der Waals surface area contributed by atoms with Gasteiger partial charge in [0.05, 0.1) is 5.92 Å². The standard InChI is InChI=1S/C14H27NO2/c1-3-7-12(4-2)15-10-11-8-5-6-9-13(11)14(16)17/h11-13,15H,3-10H2,1-2H3,(H,16,17). The molecule has 0 bridgehead atoms. The van der Waals surface area contributed by atoms with E-state index in [0.29, 0.717) is 12.0 Å². The summed E-state index contributed by atoms with van der Waals surface area (Å²) in [4.78, 5) is 11.2. The van der Waals surface area contributed by atoms with Crippen LogP contribution in [0.2, 0.25) is 0 Å². The molecule has 0 aromatic rings. The first kappa shape index (κ1) is 14.5. The minimum absolute atomic E-state index is 0.115. The second-order valence-electron chi connectivity index (χ2n) is 5.29. The summed E-state index contributed by atoms with van der Waals surface area (Å²) >= 11 is 0. The number of hydrogen-bond acceptors (Lipinski definition) is 2. The van der Waals surface area contributed by atoms with Crippen LogP contribution in [0.5, 0.6) is 0 Å². The molecule has 0 aromatic carbocycles. The van der Waals surface area contributed by atoms with Gasteiger partial charge in [-0.3, -0.25) is 4.79 Å². The third-order valence-electron chi connectivity index (χ3n) is 4.02. The molecule has 2 N–H and O–H groups in total. The number of nitrogens with one attached hydrogen (secondary N) is 1. The van der Waals surface area contributed by atoms with Gasteiger partial charge in [0.2, 0.25) is 0 Å². The lowest BCUT2D eigenvalue weighted by Crippen LogP contribution is -2.38. The van der Waals surface area contributed by atoms with Crippen molar-refractivity contribution in [1.29, 1.82) is 0 Å². The van der Waals surface area contributed by atoms with E-state index in [-0.39, 0.29) is 5.92 Å². The van der Waals surface area contributed by atoms with Gasteiger partial charge in [-0.25, -0.2) is 0 Å². The fourth-order valence-corrected chi connectivity index (χ4v) is 2.89. The number of hydrogen-bond donors (Lipinski definition) is 2. The largest absolute Gasteiger partial charge is 0.481 e. The van der Waals surface area contributed by atoms with Gasteiger partial charge in [0, 0.05) is 6.04 Å². The van der Waals surface area contributed by atoms with Crippen LogP contribution < -0.4 is 5.32 Å². The molecule has 0 heterocycles. The smallest absolute Gasteiger partial charge is 0.306 e. The minimum Gasteiger partial charge on any atom is -0.481 e. The molecule has 0 spiro atoms. The van der Waals surface area contributed by atoms with Crippen LogP contribution in [0, 0.1) is 11.8 Å². The van der Waals surface area contributed by atoms with E-state index in [1.165, 1.54) is 19.3 Å². The maximum atomic E-state index is 11.2. The molecule has 3 nitrogen and oxygen atoms in total. The van der Waals surface area contributed by atoms with Crippen LogP contribution in [0.3, 0.4) is 0 Å². The second-order valence-corrected chi connectivity index (χ2v) is 5.29. The highest BCUT2D eigenvalue weighted by Crippen LogP contribution is 2.29. The van der Waals surface area contributed by atoms with E-state index in [4.69, 9.17) is 0 Å². The maximum Gasteiger partial charge on any atom is 0.306 e. The highest BCUT2D eigenvalue weighted by molar-refractivity contribution is 5.70. The molecule has 1 fully saturated rings. The summed E-state index contributed by atoms with van der Waals surface area (Å²) in [6.45, 7) is 5.28. The molecular weight excluding hydrogens is 214 g/mol. The van der Waals surface area contributed by atoms with Crippen LogP contribution in [0.4, 0.5) is 0 Å². The summed E-state index contributed by atoms with van der Waals surface area (Å²) < 4.78 is 0. The molecule has 3 unspecified atom stereocenters. The zero-order valence-electron chi connectivity index (χ0n) is 11.2. The van der Waals surface area contributed by atoms with Crippen LogP contribution in [0.25, 0.3) is 0 Å². The van der Waals surface area contributed by atoms with Gasteiger partial charge in [-0.05, 0) is 38.1 Å². The normalized spacial score (nSPS) is 26.7. The van der Waals surface area contributed by atoms with Crippen molar-refractivity contribution in [1.82, 2.24) is 5.32 Å². The van der Waals surface area contributed by atoms with Crippen LogP contribution in [0.1, 0.15) is 58.8 Å². The second kappa shape index (κ2) is 7.70. The van der Waals surface area contributed by atoms with Gasteiger partial charge >= 0.3 is 5.97 Å². The quantitative estimate of drug-likeness (QED) is 0.720. The number of carbonyl (C=O) groups is 1. The van der Waals surface area contributed by atoms with Gasteiger partial charge < -0.3 is 10.4 Å². The van der Waals surface area contributed by atoms with Crippen molar-refractivity contribution in [3.63, 3.8) is 0 Å². The Morgan fingerprint density at radius 2 is 2.06 bits per heavy atom. The van der Waals surface area contributed by atoms with Gasteiger partial charge in [-0.15, -0.1) is 0 Å². The Morgan fingerprint density at radius 3 is 2.65 bits per heavy atom. The lowest BCUT2D eigenvalue weighted by Gasteiger charge is -2.30. The minimum atomic E-state index is -0.597.